The minimum Gasteiger partial charge on any atom is -0.497 e. The number of methoxy groups -OCH3 is 1. The smallest absolute Gasteiger partial charge is 0.324 e. The van der Waals surface area contributed by atoms with Gasteiger partial charge in [0.25, 0.3) is 0 Å². The van der Waals surface area contributed by atoms with Gasteiger partial charge in [-0.25, -0.2) is 4.79 Å². The average molecular weight is 393 g/mol. The molecule has 29 heavy (non-hydrogen) atoms. The molecule has 0 aromatic heterocycles. The molecular formula is C23H27N3O3. The van der Waals surface area contributed by atoms with E-state index in [2.05, 4.69) is 5.32 Å². The molecule has 6 nitrogen and oxygen atoms in total. The van der Waals surface area contributed by atoms with Gasteiger partial charge in [-0.2, -0.15) is 0 Å². The van der Waals surface area contributed by atoms with Crippen LogP contribution < -0.4 is 15.0 Å². The first-order valence-corrected chi connectivity index (χ1v) is 10.2. The first-order chi connectivity index (χ1) is 14.0. The van der Waals surface area contributed by atoms with Crippen molar-refractivity contribution in [2.24, 2.45) is 5.92 Å². The molecule has 1 aliphatic carbocycles. The summed E-state index contributed by atoms with van der Waals surface area (Å²) in [6, 6.07) is 13.6. The zero-order chi connectivity index (χ0) is 20.4. The third kappa shape index (κ3) is 4.36. The van der Waals surface area contributed by atoms with Gasteiger partial charge in [0, 0.05) is 25.6 Å². The van der Waals surface area contributed by atoms with E-state index in [1.165, 1.54) is 0 Å². The van der Waals surface area contributed by atoms with Crippen LogP contribution in [0, 0.1) is 12.8 Å². The lowest BCUT2D eigenvalue weighted by Crippen LogP contribution is -2.49. The molecule has 1 saturated carbocycles. The summed E-state index contributed by atoms with van der Waals surface area (Å²) in [6.45, 7) is 3.87. The van der Waals surface area contributed by atoms with Gasteiger partial charge in [0.05, 0.1) is 18.5 Å². The Bertz CT molecular complexity index is 923. The molecule has 1 heterocycles. The second-order valence-electron chi connectivity index (χ2n) is 7.84. The number of carbonyl (C=O) groups is 2. The third-order valence-electron chi connectivity index (χ3n) is 5.47. The second-order valence-corrected chi connectivity index (χ2v) is 7.84. The van der Waals surface area contributed by atoms with E-state index < -0.39 is 0 Å². The number of ether oxygens (including phenoxy) is 1. The Morgan fingerprint density at radius 2 is 2.00 bits per heavy atom. The molecule has 1 aliphatic heterocycles. The normalized spacial score (nSPS) is 16.7. The maximum Gasteiger partial charge on any atom is 0.324 e. The molecule has 0 atom stereocenters. The largest absolute Gasteiger partial charge is 0.497 e. The van der Waals surface area contributed by atoms with Crippen molar-refractivity contribution in [2.45, 2.75) is 32.7 Å². The summed E-state index contributed by atoms with van der Waals surface area (Å²) in [4.78, 5) is 29.2. The monoisotopic (exact) mass is 393 g/mol. The molecule has 0 bridgehead atoms. The van der Waals surface area contributed by atoms with Crippen LogP contribution in [0.25, 0.3) is 0 Å². The Morgan fingerprint density at radius 3 is 2.76 bits per heavy atom. The first-order valence-electron chi connectivity index (χ1n) is 10.2. The van der Waals surface area contributed by atoms with Crippen LogP contribution in [0.3, 0.4) is 0 Å². The molecule has 2 aromatic rings. The molecule has 3 amide bonds. The SMILES string of the molecule is COc1cccc(CN2CCCN(c3ccc(C)cc3NC(=O)C3CC3)C2=O)c1. The van der Waals surface area contributed by atoms with E-state index >= 15 is 0 Å². The Labute approximate surface area is 171 Å². The summed E-state index contributed by atoms with van der Waals surface area (Å²) in [6.07, 6.45) is 2.77. The van der Waals surface area contributed by atoms with E-state index in [9.17, 15) is 9.59 Å². The van der Waals surface area contributed by atoms with E-state index in [0.717, 1.165) is 47.5 Å². The molecular weight excluding hydrogens is 366 g/mol. The van der Waals surface area contributed by atoms with Crippen molar-refractivity contribution in [3.05, 3.63) is 53.6 Å². The topological polar surface area (TPSA) is 61.9 Å². The number of hydrogen-bond acceptors (Lipinski definition) is 3. The molecule has 0 radical (unpaired) electrons. The standard InChI is InChI=1S/C23H27N3O3/c1-16-7-10-21(20(13-16)24-22(27)18-8-9-18)26-12-4-11-25(23(26)28)15-17-5-3-6-19(14-17)29-2/h3,5-7,10,13-14,18H,4,8-9,11-12,15H2,1-2H3,(H,24,27). The summed E-state index contributed by atoms with van der Waals surface area (Å²) in [7, 11) is 1.64. The highest BCUT2D eigenvalue weighted by Crippen LogP contribution is 2.34. The number of anilines is 2. The summed E-state index contributed by atoms with van der Waals surface area (Å²) < 4.78 is 5.30. The lowest BCUT2D eigenvalue weighted by atomic mass is 10.1. The highest BCUT2D eigenvalue weighted by molar-refractivity contribution is 6.02. The highest BCUT2D eigenvalue weighted by Gasteiger charge is 2.32. The van der Waals surface area contributed by atoms with Gasteiger partial charge in [-0.15, -0.1) is 0 Å². The van der Waals surface area contributed by atoms with Crippen molar-refractivity contribution in [1.29, 1.82) is 0 Å². The molecule has 1 N–H and O–H groups in total. The molecule has 2 fully saturated rings. The van der Waals surface area contributed by atoms with E-state index in [-0.39, 0.29) is 17.9 Å². The maximum absolute atomic E-state index is 13.3. The number of benzene rings is 2. The molecule has 4 rings (SSSR count). The Kier molecular flexibility index (Phi) is 5.43. The molecule has 1 saturated heterocycles. The van der Waals surface area contributed by atoms with E-state index in [1.807, 2.05) is 54.3 Å². The van der Waals surface area contributed by atoms with Gasteiger partial charge in [0.1, 0.15) is 5.75 Å². The van der Waals surface area contributed by atoms with Crippen molar-refractivity contribution in [1.82, 2.24) is 4.90 Å². The summed E-state index contributed by atoms with van der Waals surface area (Å²) >= 11 is 0. The van der Waals surface area contributed by atoms with Crippen molar-refractivity contribution in [3.8, 4) is 5.75 Å². The quantitative estimate of drug-likeness (QED) is 0.801. The van der Waals surface area contributed by atoms with Crippen LogP contribution in [0.4, 0.5) is 16.2 Å². The van der Waals surface area contributed by atoms with Crippen LogP contribution in [-0.4, -0.2) is 37.0 Å². The van der Waals surface area contributed by atoms with E-state index in [4.69, 9.17) is 4.74 Å². The van der Waals surface area contributed by atoms with Gasteiger partial charge >= 0.3 is 6.03 Å². The Hall–Kier alpha value is -3.02. The van der Waals surface area contributed by atoms with Gasteiger partial charge in [0.2, 0.25) is 5.91 Å². The van der Waals surface area contributed by atoms with Gasteiger partial charge < -0.3 is 15.0 Å². The van der Waals surface area contributed by atoms with Crippen LogP contribution in [0.5, 0.6) is 5.75 Å². The van der Waals surface area contributed by atoms with Crippen LogP contribution in [-0.2, 0) is 11.3 Å². The van der Waals surface area contributed by atoms with Crippen LogP contribution >= 0.6 is 0 Å². The summed E-state index contributed by atoms with van der Waals surface area (Å²) in [5.74, 6) is 0.951. The lowest BCUT2D eigenvalue weighted by molar-refractivity contribution is -0.117. The van der Waals surface area contributed by atoms with Crippen LogP contribution in [0.1, 0.15) is 30.4 Å². The number of rotatable bonds is 6. The number of hydrogen-bond donors (Lipinski definition) is 1. The third-order valence-corrected chi connectivity index (χ3v) is 5.47. The minimum atomic E-state index is -0.0372. The zero-order valence-corrected chi connectivity index (χ0v) is 17.0. The first kappa shape index (κ1) is 19.3. The van der Waals surface area contributed by atoms with Crippen molar-refractivity contribution in [3.63, 3.8) is 0 Å². The predicted octanol–water partition coefficient (Wildman–Crippen LogP) is 4.18. The van der Waals surface area contributed by atoms with E-state index in [1.54, 1.807) is 12.0 Å². The lowest BCUT2D eigenvalue weighted by Gasteiger charge is -2.36. The predicted molar refractivity (Wildman–Crippen MR) is 113 cm³/mol. The molecule has 152 valence electrons. The van der Waals surface area contributed by atoms with Crippen LogP contribution in [0.15, 0.2) is 42.5 Å². The number of urea groups is 1. The molecule has 0 spiro atoms. The maximum atomic E-state index is 13.3. The fraction of sp³-hybridized carbons (Fsp3) is 0.391. The van der Waals surface area contributed by atoms with Crippen molar-refractivity contribution < 1.29 is 14.3 Å². The minimum absolute atomic E-state index is 0.0372. The fourth-order valence-corrected chi connectivity index (χ4v) is 3.71. The molecule has 0 unspecified atom stereocenters. The average Bonchev–Trinajstić information content (AvgIpc) is 3.56. The van der Waals surface area contributed by atoms with Crippen molar-refractivity contribution in [2.75, 3.05) is 30.4 Å². The number of aryl methyl sites for hydroxylation is 1. The van der Waals surface area contributed by atoms with Gasteiger partial charge in [-0.1, -0.05) is 18.2 Å². The second kappa shape index (κ2) is 8.15. The van der Waals surface area contributed by atoms with Crippen LogP contribution in [0.2, 0.25) is 0 Å². The molecule has 2 aromatic carbocycles. The number of nitrogens with one attached hydrogen (secondary N) is 1. The Balaban J connectivity index is 1.55. The fourth-order valence-electron chi connectivity index (χ4n) is 3.71. The Morgan fingerprint density at radius 1 is 1.17 bits per heavy atom. The number of nitrogens with zero attached hydrogens (tertiary/aromatic N) is 2. The molecule has 6 heteroatoms. The zero-order valence-electron chi connectivity index (χ0n) is 17.0. The summed E-state index contributed by atoms with van der Waals surface area (Å²) in [5.41, 5.74) is 3.58. The molecule has 2 aliphatic rings. The number of carbonyl (C=O) groups excluding carboxylic acids is 2. The number of amides is 3. The highest BCUT2D eigenvalue weighted by atomic mass is 16.5. The van der Waals surface area contributed by atoms with Gasteiger partial charge in [0.15, 0.2) is 0 Å². The van der Waals surface area contributed by atoms with Gasteiger partial charge in [-0.05, 0) is 61.6 Å². The van der Waals surface area contributed by atoms with Gasteiger partial charge in [-0.3, -0.25) is 9.69 Å². The van der Waals surface area contributed by atoms with Crippen molar-refractivity contribution >= 4 is 23.3 Å². The summed E-state index contributed by atoms with van der Waals surface area (Å²) in [5, 5.41) is 3.04. The van der Waals surface area contributed by atoms with E-state index in [0.29, 0.717) is 19.6 Å².